The Bertz CT molecular complexity index is 223. The number of halogens is 3. The molecule has 1 rings (SSSR count). The van der Waals surface area contributed by atoms with Gasteiger partial charge >= 0.3 is 0 Å². The van der Waals surface area contributed by atoms with E-state index >= 15 is 0 Å². The second-order valence-electron chi connectivity index (χ2n) is 2.42. The number of aromatic nitrogens is 1. The van der Waals surface area contributed by atoms with Crippen molar-refractivity contribution in [2.24, 2.45) is 5.73 Å². The van der Waals surface area contributed by atoms with Crippen LogP contribution in [0.2, 0.25) is 0 Å². The van der Waals surface area contributed by atoms with Crippen molar-refractivity contribution in [1.29, 1.82) is 0 Å². The minimum atomic E-state index is 0. The van der Waals surface area contributed by atoms with Gasteiger partial charge in [0.05, 0.1) is 6.54 Å². The van der Waals surface area contributed by atoms with Crippen LogP contribution in [-0.2, 0) is 0 Å². The molecule has 6 heteroatoms. The van der Waals surface area contributed by atoms with Crippen molar-refractivity contribution >= 4 is 30.6 Å². The Balaban J connectivity index is 0. The van der Waals surface area contributed by atoms with Crippen LogP contribution in [-0.4, -0.2) is 18.1 Å². The first kappa shape index (κ1) is 15.9. The molecule has 3 nitrogen and oxygen atoms in total. The third kappa shape index (κ3) is 5.21. The van der Waals surface area contributed by atoms with Crippen molar-refractivity contribution in [1.82, 2.24) is 4.98 Å². The van der Waals surface area contributed by atoms with E-state index in [9.17, 15) is 4.48 Å². The topological polar surface area (TPSA) is 42.1 Å². The van der Waals surface area contributed by atoms with Crippen molar-refractivity contribution in [3.63, 3.8) is 0 Å². The van der Waals surface area contributed by atoms with Gasteiger partial charge in [0.25, 0.3) is 0 Å². The summed E-state index contributed by atoms with van der Waals surface area (Å²) < 4.78 is 13.0. The minimum Gasteiger partial charge on any atom is -0.330 e. The number of hydrogen-bond acceptors (Lipinski definition) is 3. The highest BCUT2D eigenvalue weighted by molar-refractivity contribution is 5.85. The molecular formula is C8H14Cl2FN3. The van der Waals surface area contributed by atoms with Gasteiger partial charge in [-0.2, -0.15) is 5.12 Å². The van der Waals surface area contributed by atoms with E-state index in [0.717, 1.165) is 0 Å². The highest BCUT2D eigenvalue weighted by Gasteiger charge is 2.02. The molecule has 0 atom stereocenters. The average Bonchev–Trinajstić information content (AvgIpc) is 2.15. The molecule has 0 aliphatic heterocycles. The number of nitrogens with two attached hydrogens (primary N) is 1. The molecule has 2 N–H and O–H groups in total. The van der Waals surface area contributed by atoms with Crippen LogP contribution in [0, 0.1) is 0 Å². The molecule has 0 amide bonds. The predicted molar refractivity (Wildman–Crippen MR) is 60.9 cm³/mol. The highest BCUT2D eigenvalue weighted by Crippen LogP contribution is 2.08. The van der Waals surface area contributed by atoms with Crippen molar-refractivity contribution in [2.75, 3.05) is 18.2 Å². The van der Waals surface area contributed by atoms with Gasteiger partial charge in [-0.05, 0) is 25.1 Å². The SMILES string of the molecule is Cl.Cl.NCCCN(F)c1ccccn1. The Labute approximate surface area is 95.3 Å². The summed E-state index contributed by atoms with van der Waals surface area (Å²) in [6.45, 7) is 0.792. The van der Waals surface area contributed by atoms with Gasteiger partial charge in [-0.3, -0.25) is 0 Å². The predicted octanol–water partition coefficient (Wildman–Crippen LogP) is 1.96. The first-order valence-electron chi connectivity index (χ1n) is 3.89. The van der Waals surface area contributed by atoms with Crippen LogP contribution in [0.1, 0.15) is 6.42 Å². The first-order chi connectivity index (χ1) is 5.84. The van der Waals surface area contributed by atoms with Crippen molar-refractivity contribution in [3.05, 3.63) is 24.4 Å². The zero-order chi connectivity index (χ0) is 8.81. The summed E-state index contributed by atoms with van der Waals surface area (Å²) in [6, 6.07) is 5.12. The molecule has 0 radical (unpaired) electrons. The summed E-state index contributed by atoms with van der Waals surface area (Å²) in [4.78, 5) is 3.84. The Morgan fingerprint density at radius 2 is 2.07 bits per heavy atom. The molecule has 0 bridgehead atoms. The zero-order valence-corrected chi connectivity index (χ0v) is 9.23. The van der Waals surface area contributed by atoms with Crippen LogP contribution in [0.25, 0.3) is 0 Å². The standard InChI is InChI=1S/C8H12FN3.2ClH/c9-12(7-3-5-10)8-4-1-2-6-11-8;;/h1-2,4,6H,3,5,7,10H2;2*1H. The molecule has 14 heavy (non-hydrogen) atoms. The summed E-state index contributed by atoms with van der Waals surface area (Å²) in [5, 5.41) is 0.604. The summed E-state index contributed by atoms with van der Waals surface area (Å²) in [5.41, 5.74) is 5.24. The van der Waals surface area contributed by atoms with Gasteiger partial charge in [0.2, 0.25) is 0 Å². The maximum atomic E-state index is 13.0. The number of nitrogens with zero attached hydrogens (tertiary/aromatic N) is 2. The summed E-state index contributed by atoms with van der Waals surface area (Å²) in [5.74, 6) is 0.339. The van der Waals surface area contributed by atoms with E-state index in [4.69, 9.17) is 5.73 Å². The Morgan fingerprint density at radius 1 is 1.36 bits per heavy atom. The number of rotatable bonds is 4. The number of pyridine rings is 1. The Kier molecular flexibility index (Phi) is 10.2. The lowest BCUT2D eigenvalue weighted by Crippen LogP contribution is -2.17. The van der Waals surface area contributed by atoms with Crippen molar-refractivity contribution < 1.29 is 4.48 Å². The molecule has 0 aromatic carbocycles. The number of hydrogen-bond donors (Lipinski definition) is 1. The Hall–Kier alpha value is -0.580. The third-order valence-electron chi connectivity index (χ3n) is 1.46. The second kappa shape index (κ2) is 8.99. The van der Waals surface area contributed by atoms with Gasteiger partial charge in [-0.15, -0.1) is 24.8 Å². The van der Waals surface area contributed by atoms with Crippen LogP contribution in [0.5, 0.6) is 0 Å². The fourth-order valence-corrected chi connectivity index (χ4v) is 0.842. The molecule has 0 saturated heterocycles. The largest absolute Gasteiger partial charge is 0.330 e. The quantitative estimate of drug-likeness (QED) is 0.820. The normalized spacial score (nSPS) is 8.43. The van der Waals surface area contributed by atoms with E-state index in [-0.39, 0.29) is 24.8 Å². The van der Waals surface area contributed by atoms with Crippen molar-refractivity contribution in [3.8, 4) is 0 Å². The Morgan fingerprint density at radius 3 is 2.57 bits per heavy atom. The molecule has 0 aliphatic rings. The highest BCUT2D eigenvalue weighted by atomic mass is 35.5. The number of anilines is 1. The maximum Gasteiger partial charge on any atom is 0.157 e. The van der Waals surface area contributed by atoms with Crippen LogP contribution in [0.4, 0.5) is 10.3 Å². The molecular weight excluding hydrogens is 228 g/mol. The minimum absolute atomic E-state index is 0. The van der Waals surface area contributed by atoms with Gasteiger partial charge < -0.3 is 5.73 Å². The van der Waals surface area contributed by atoms with Gasteiger partial charge in [0, 0.05) is 6.20 Å². The van der Waals surface area contributed by atoms with E-state index in [2.05, 4.69) is 4.98 Å². The average molecular weight is 242 g/mol. The lowest BCUT2D eigenvalue weighted by atomic mass is 10.4. The van der Waals surface area contributed by atoms with Crippen LogP contribution in [0.3, 0.4) is 0 Å². The van der Waals surface area contributed by atoms with E-state index in [0.29, 0.717) is 30.5 Å². The fraction of sp³-hybridized carbons (Fsp3) is 0.375. The smallest absolute Gasteiger partial charge is 0.157 e. The summed E-state index contributed by atoms with van der Waals surface area (Å²) >= 11 is 0. The second-order valence-corrected chi connectivity index (χ2v) is 2.42. The molecule has 1 aromatic rings. The lowest BCUT2D eigenvalue weighted by molar-refractivity contribution is 0.424. The molecule has 0 fully saturated rings. The van der Waals surface area contributed by atoms with Crippen molar-refractivity contribution in [2.45, 2.75) is 6.42 Å². The van der Waals surface area contributed by atoms with E-state index in [1.165, 1.54) is 0 Å². The molecule has 0 saturated carbocycles. The van der Waals surface area contributed by atoms with Gasteiger partial charge in [-0.25, -0.2) is 4.98 Å². The zero-order valence-electron chi connectivity index (χ0n) is 7.60. The molecule has 82 valence electrons. The molecule has 0 spiro atoms. The molecule has 0 unspecified atom stereocenters. The van der Waals surface area contributed by atoms with E-state index < -0.39 is 0 Å². The molecule has 1 heterocycles. The maximum absolute atomic E-state index is 13.0. The van der Waals surface area contributed by atoms with Crippen LogP contribution >= 0.6 is 24.8 Å². The van der Waals surface area contributed by atoms with Gasteiger partial charge in [0.1, 0.15) is 0 Å². The van der Waals surface area contributed by atoms with Gasteiger partial charge in [0.15, 0.2) is 5.82 Å². The van der Waals surface area contributed by atoms with Crippen LogP contribution in [0.15, 0.2) is 24.4 Å². The van der Waals surface area contributed by atoms with Gasteiger partial charge in [-0.1, -0.05) is 10.5 Å². The van der Waals surface area contributed by atoms with E-state index in [1.807, 2.05) is 0 Å². The molecule has 1 aromatic heterocycles. The fourth-order valence-electron chi connectivity index (χ4n) is 0.842. The summed E-state index contributed by atoms with van der Waals surface area (Å²) in [7, 11) is 0. The first-order valence-corrected chi connectivity index (χ1v) is 3.89. The van der Waals surface area contributed by atoms with E-state index in [1.54, 1.807) is 24.4 Å². The third-order valence-corrected chi connectivity index (χ3v) is 1.46. The lowest BCUT2D eigenvalue weighted by Gasteiger charge is -2.10. The summed E-state index contributed by atoms with van der Waals surface area (Å²) in [6.07, 6.45) is 2.19. The van der Waals surface area contributed by atoms with Crippen LogP contribution < -0.4 is 10.9 Å². The molecule has 0 aliphatic carbocycles. The monoisotopic (exact) mass is 241 g/mol.